The second-order valence-electron chi connectivity index (χ2n) is 4.70. The van der Waals surface area contributed by atoms with Gasteiger partial charge in [0.25, 0.3) is 0 Å². The van der Waals surface area contributed by atoms with Gasteiger partial charge in [-0.1, -0.05) is 26.0 Å². The number of hydrogen-bond donors (Lipinski definition) is 1. The number of nitrogens with one attached hydrogen (secondary N) is 1. The smallest absolute Gasteiger partial charge is 0.323 e. The van der Waals surface area contributed by atoms with Gasteiger partial charge < -0.3 is 19.5 Å². The molecule has 1 N–H and O–H groups in total. The molecule has 1 atom stereocenters. The maximum atomic E-state index is 11.6. The lowest BCUT2D eigenvalue weighted by atomic mass is 10.1. The van der Waals surface area contributed by atoms with Crippen molar-refractivity contribution in [1.82, 2.24) is 5.32 Å². The molecule has 0 amide bonds. The van der Waals surface area contributed by atoms with Crippen LogP contribution in [0.5, 0.6) is 11.5 Å². The zero-order valence-electron chi connectivity index (χ0n) is 12.5. The molecule has 0 aliphatic heterocycles. The zero-order valence-corrected chi connectivity index (χ0v) is 12.5. The highest BCUT2D eigenvalue weighted by molar-refractivity contribution is 5.75. The van der Waals surface area contributed by atoms with Crippen LogP contribution in [0.25, 0.3) is 0 Å². The summed E-state index contributed by atoms with van der Waals surface area (Å²) in [6, 6.07) is 7.14. The predicted octanol–water partition coefficient (Wildman–Crippen LogP) is 1.86. The van der Waals surface area contributed by atoms with Crippen LogP contribution in [-0.2, 0) is 9.53 Å². The Morgan fingerprint density at radius 3 is 2.40 bits per heavy atom. The van der Waals surface area contributed by atoms with Crippen LogP contribution < -0.4 is 14.8 Å². The van der Waals surface area contributed by atoms with Crippen LogP contribution in [0.15, 0.2) is 24.3 Å². The lowest BCUT2D eigenvalue weighted by Gasteiger charge is -2.20. The molecule has 0 aliphatic carbocycles. The van der Waals surface area contributed by atoms with E-state index in [9.17, 15) is 4.79 Å². The number of methoxy groups -OCH3 is 2. The molecule has 5 nitrogen and oxygen atoms in total. The van der Waals surface area contributed by atoms with Gasteiger partial charge >= 0.3 is 5.97 Å². The normalized spacial score (nSPS) is 12.1. The average Bonchev–Trinajstić information content (AvgIpc) is 2.46. The van der Waals surface area contributed by atoms with Crippen LogP contribution in [0, 0.1) is 5.92 Å². The first kappa shape index (κ1) is 16.3. The lowest BCUT2D eigenvalue weighted by Crippen LogP contribution is -2.43. The van der Waals surface area contributed by atoms with Crippen molar-refractivity contribution >= 4 is 5.97 Å². The highest BCUT2D eigenvalue weighted by Crippen LogP contribution is 2.25. The van der Waals surface area contributed by atoms with Gasteiger partial charge in [-0.05, 0) is 18.1 Å². The third kappa shape index (κ3) is 4.74. The molecule has 0 aromatic heterocycles. The van der Waals surface area contributed by atoms with Gasteiger partial charge in [0.2, 0.25) is 0 Å². The Balaban J connectivity index is 2.42. The van der Waals surface area contributed by atoms with Gasteiger partial charge in [0.15, 0.2) is 11.5 Å². The van der Waals surface area contributed by atoms with Gasteiger partial charge in [0.05, 0.1) is 14.2 Å². The van der Waals surface area contributed by atoms with E-state index < -0.39 is 0 Å². The minimum absolute atomic E-state index is 0.161. The van der Waals surface area contributed by atoms with E-state index >= 15 is 0 Å². The number of rotatable bonds is 8. The summed E-state index contributed by atoms with van der Waals surface area (Å²) < 4.78 is 15.6. The average molecular weight is 281 g/mol. The van der Waals surface area contributed by atoms with Crippen molar-refractivity contribution in [3.05, 3.63) is 24.3 Å². The maximum Gasteiger partial charge on any atom is 0.323 e. The topological polar surface area (TPSA) is 56.8 Å². The Kier molecular flexibility index (Phi) is 6.87. The number of ether oxygens (including phenoxy) is 3. The Morgan fingerprint density at radius 1 is 1.20 bits per heavy atom. The molecule has 1 unspecified atom stereocenters. The number of hydrogen-bond acceptors (Lipinski definition) is 5. The van der Waals surface area contributed by atoms with Crippen LogP contribution in [0.1, 0.15) is 13.8 Å². The number of para-hydroxylation sites is 2. The lowest BCUT2D eigenvalue weighted by molar-refractivity contribution is -0.144. The van der Waals surface area contributed by atoms with Gasteiger partial charge in [-0.25, -0.2) is 0 Å². The van der Waals surface area contributed by atoms with Crippen molar-refractivity contribution in [2.45, 2.75) is 19.9 Å². The van der Waals surface area contributed by atoms with E-state index in [1.54, 1.807) is 7.11 Å². The Bertz CT molecular complexity index is 420. The molecule has 1 aromatic carbocycles. The van der Waals surface area contributed by atoms with Crippen molar-refractivity contribution in [2.75, 3.05) is 27.4 Å². The molecular weight excluding hydrogens is 258 g/mol. The first-order chi connectivity index (χ1) is 9.60. The highest BCUT2D eigenvalue weighted by atomic mass is 16.5. The zero-order chi connectivity index (χ0) is 15.0. The van der Waals surface area contributed by atoms with Gasteiger partial charge in [-0.3, -0.25) is 4.79 Å². The molecule has 0 bridgehead atoms. The van der Waals surface area contributed by atoms with Gasteiger partial charge in [0, 0.05) is 6.54 Å². The summed E-state index contributed by atoms with van der Waals surface area (Å²) in [4.78, 5) is 11.6. The van der Waals surface area contributed by atoms with Crippen molar-refractivity contribution < 1.29 is 19.0 Å². The number of carbonyl (C=O) groups is 1. The first-order valence-electron chi connectivity index (χ1n) is 6.67. The highest BCUT2D eigenvalue weighted by Gasteiger charge is 2.21. The van der Waals surface area contributed by atoms with Gasteiger partial charge in [0.1, 0.15) is 12.6 Å². The molecule has 5 heteroatoms. The summed E-state index contributed by atoms with van der Waals surface area (Å²) in [7, 11) is 3.00. The Hall–Kier alpha value is -1.75. The minimum atomic E-state index is -0.318. The minimum Gasteiger partial charge on any atom is -0.493 e. The third-order valence-electron chi connectivity index (χ3n) is 2.91. The molecule has 1 aromatic rings. The molecule has 0 radical (unpaired) electrons. The molecule has 0 heterocycles. The number of benzene rings is 1. The first-order valence-corrected chi connectivity index (χ1v) is 6.67. The van der Waals surface area contributed by atoms with Crippen molar-refractivity contribution in [2.24, 2.45) is 5.92 Å². The van der Waals surface area contributed by atoms with Crippen LogP contribution in [0.2, 0.25) is 0 Å². The van der Waals surface area contributed by atoms with Gasteiger partial charge in [-0.15, -0.1) is 0 Å². The summed E-state index contributed by atoms with van der Waals surface area (Å²) in [5.41, 5.74) is 0. The van der Waals surface area contributed by atoms with Crippen LogP contribution >= 0.6 is 0 Å². The summed E-state index contributed by atoms with van der Waals surface area (Å²) >= 11 is 0. The van der Waals surface area contributed by atoms with E-state index in [0.29, 0.717) is 24.7 Å². The van der Waals surface area contributed by atoms with E-state index in [1.807, 2.05) is 38.1 Å². The van der Waals surface area contributed by atoms with Crippen molar-refractivity contribution in [3.63, 3.8) is 0 Å². The van der Waals surface area contributed by atoms with Crippen LogP contribution in [0.3, 0.4) is 0 Å². The predicted molar refractivity (Wildman–Crippen MR) is 77.1 cm³/mol. The summed E-state index contributed by atoms with van der Waals surface area (Å²) in [5.74, 6) is 1.29. The standard InChI is InChI=1S/C15H23NO4/c1-11(2)14(15(17)19-4)16-9-10-20-13-8-6-5-7-12(13)18-3/h5-8,11,14,16H,9-10H2,1-4H3. The third-order valence-corrected chi connectivity index (χ3v) is 2.91. The van der Waals surface area contributed by atoms with Crippen LogP contribution in [-0.4, -0.2) is 39.4 Å². The molecule has 112 valence electrons. The van der Waals surface area contributed by atoms with Crippen molar-refractivity contribution in [3.8, 4) is 11.5 Å². The molecule has 0 saturated carbocycles. The SMILES string of the molecule is COC(=O)C(NCCOc1ccccc1OC)C(C)C. The fourth-order valence-electron chi connectivity index (χ4n) is 1.83. The summed E-state index contributed by atoms with van der Waals surface area (Å²) in [5, 5.41) is 3.14. The van der Waals surface area contributed by atoms with Gasteiger partial charge in [-0.2, -0.15) is 0 Å². The van der Waals surface area contributed by atoms with E-state index in [1.165, 1.54) is 7.11 Å². The molecule has 0 saturated heterocycles. The second kappa shape index (κ2) is 8.43. The monoisotopic (exact) mass is 281 g/mol. The summed E-state index contributed by atoms with van der Waals surface area (Å²) in [6.45, 7) is 4.93. The maximum absolute atomic E-state index is 11.6. The Morgan fingerprint density at radius 2 is 1.85 bits per heavy atom. The van der Waals surface area contributed by atoms with E-state index in [2.05, 4.69) is 5.32 Å². The molecule has 1 rings (SSSR count). The fourth-order valence-corrected chi connectivity index (χ4v) is 1.83. The largest absolute Gasteiger partial charge is 0.493 e. The molecule has 0 fully saturated rings. The molecular formula is C15H23NO4. The van der Waals surface area contributed by atoms with E-state index in [0.717, 1.165) is 0 Å². The molecule has 0 spiro atoms. The molecule has 0 aliphatic rings. The number of carbonyl (C=O) groups excluding carboxylic acids is 1. The second-order valence-corrected chi connectivity index (χ2v) is 4.70. The molecule has 20 heavy (non-hydrogen) atoms. The fraction of sp³-hybridized carbons (Fsp3) is 0.533. The number of esters is 1. The van der Waals surface area contributed by atoms with E-state index in [4.69, 9.17) is 14.2 Å². The van der Waals surface area contributed by atoms with E-state index in [-0.39, 0.29) is 17.9 Å². The summed E-state index contributed by atoms with van der Waals surface area (Å²) in [6.07, 6.45) is 0. The quantitative estimate of drug-likeness (QED) is 0.582. The Labute approximate surface area is 120 Å². The van der Waals surface area contributed by atoms with Crippen LogP contribution in [0.4, 0.5) is 0 Å². The van der Waals surface area contributed by atoms with Crippen molar-refractivity contribution in [1.29, 1.82) is 0 Å².